The summed E-state index contributed by atoms with van der Waals surface area (Å²) in [5.41, 5.74) is 1.25. The second-order valence-electron chi connectivity index (χ2n) is 4.52. The molecule has 2 aromatic rings. The van der Waals surface area contributed by atoms with Gasteiger partial charge in [0, 0.05) is 23.9 Å². The van der Waals surface area contributed by atoms with Crippen molar-refractivity contribution in [3.05, 3.63) is 52.4 Å². The molecule has 0 aliphatic carbocycles. The highest BCUT2D eigenvalue weighted by Crippen LogP contribution is 2.19. The number of carbonyl (C=O) groups is 1. The van der Waals surface area contributed by atoms with E-state index in [2.05, 4.69) is 0 Å². The molecule has 1 aromatic carbocycles. The maximum absolute atomic E-state index is 11.2. The lowest BCUT2D eigenvalue weighted by Crippen LogP contribution is -1.97. The Balaban J connectivity index is 2.03. The van der Waals surface area contributed by atoms with Crippen molar-refractivity contribution in [2.45, 2.75) is 19.8 Å². The molecule has 2 rings (SSSR count). The van der Waals surface area contributed by atoms with E-state index in [1.54, 1.807) is 12.1 Å². The third-order valence-electron chi connectivity index (χ3n) is 2.93. The molecule has 4 heteroatoms. The van der Waals surface area contributed by atoms with Crippen LogP contribution in [-0.4, -0.2) is 12.9 Å². The molecule has 0 radical (unpaired) electrons. The Bertz CT molecular complexity index is 682. The molecular formula is C16H16O4. The molecule has 0 spiro atoms. The lowest BCUT2D eigenvalue weighted by atomic mass is 10.2. The van der Waals surface area contributed by atoms with Crippen LogP contribution in [0.15, 0.2) is 51.2 Å². The van der Waals surface area contributed by atoms with Gasteiger partial charge >= 0.3 is 5.63 Å². The van der Waals surface area contributed by atoms with E-state index in [0.29, 0.717) is 24.4 Å². The van der Waals surface area contributed by atoms with Crippen molar-refractivity contribution in [2.75, 3.05) is 6.61 Å². The standard InChI is InChI=1S/C16H16O4/c1-12(3-2-9-17)8-10-19-14-6-4-13-5-7-16(18)20-15(13)11-14/h4-9,11H,2-3,10H2,1H3. The fourth-order valence-electron chi connectivity index (χ4n) is 1.80. The SMILES string of the molecule is CC(=CCOc1ccc2ccc(=O)oc2c1)CCC=O. The maximum atomic E-state index is 11.2. The summed E-state index contributed by atoms with van der Waals surface area (Å²) in [5, 5.41) is 0.856. The molecule has 0 aliphatic heterocycles. The van der Waals surface area contributed by atoms with E-state index in [-0.39, 0.29) is 5.63 Å². The van der Waals surface area contributed by atoms with Crippen LogP contribution in [0.5, 0.6) is 5.75 Å². The van der Waals surface area contributed by atoms with Gasteiger partial charge in [0.15, 0.2) is 0 Å². The highest BCUT2D eigenvalue weighted by atomic mass is 16.5. The zero-order valence-corrected chi connectivity index (χ0v) is 11.3. The van der Waals surface area contributed by atoms with Gasteiger partial charge in [0.2, 0.25) is 0 Å². The van der Waals surface area contributed by atoms with Crippen molar-refractivity contribution < 1.29 is 13.9 Å². The number of fused-ring (bicyclic) bond motifs is 1. The summed E-state index contributed by atoms with van der Waals surface area (Å²) in [6.07, 6.45) is 4.13. The highest BCUT2D eigenvalue weighted by molar-refractivity contribution is 5.77. The van der Waals surface area contributed by atoms with E-state index >= 15 is 0 Å². The number of rotatable bonds is 6. The van der Waals surface area contributed by atoms with Crippen LogP contribution in [0.4, 0.5) is 0 Å². The van der Waals surface area contributed by atoms with Crippen molar-refractivity contribution in [3.63, 3.8) is 0 Å². The van der Waals surface area contributed by atoms with E-state index in [9.17, 15) is 9.59 Å². The normalized spacial score (nSPS) is 11.6. The van der Waals surface area contributed by atoms with E-state index in [1.165, 1.54) is 6.07 Å². The number of hydrogen-bond donors (Lipinski definition) is 0. The van der Waals surface area contributed by atoms with Crippen LogP contribution in [0.2, 0.25) is 0 Å². The average molecular weight is 272 g/mol. The lowest BCUT2D eigenvalue weighted by molar-refractivity contribution is -0.107. The highest BCUT2D eigenvalue weighted by Gasteiger charge is 2.00. The van der Waals surface area contributed by atoms with Gasteiger partial charge in [0.25, 0.3) is 0 Å². The summed E-state index contributed by atoms with van der Waals surface area (Å²) in [5.74, 6) is 0.645. The van der Waals surface area contributed by atoms with Crippen molar-refractivity contribution in [2.24, 2.45) is 0 Å². The molecular weight excluding hydrogens is 256 g/mol. The number of benzene rings is 1. The second kappa shape index (κ2) is 6.70. The van der Waals surface area contributed by atoms with Gasteiger partial charge in [0.1, 0.15) is 24.2 Å². The number of allylic oxidation sites excluding steroid dienone is 1. The van der Waals surface area contributed by atoms with Crippen LogP contribution in [0.1, 0.15) is 19.8 Å². The Labute approximate surface area is 116 Å². The summed E-state index contributed by atoms with van der Waals surface area (Å²) >= 11 is 0. The molecule has 0 fully saturated rings. The molecule has 0 saturated heterocycles. The van der Waals surface area contributed by atoms with E-state index in [1.807, 2.05) is 25.1 Å². The van der Waals surface area contributed by atoms with Crippen LogP contribution >= 0.6 is 0 Å². The summed E-state index contributed by atoms with van der Waals surface area (Å²) in [6, 6.07) is 8.48. The van der Waals surface area contributed by atoms with Gasteiger partial charge in [0.05, 0.1) is 0 Å². The Morgan fingerprint density at radius 1 is 1.30 bits per heavy atom. The van der Waals surface area contributed by atoms with Crippen LogP contribution in [0, 0.1) is 0 Å². The lowest BCUT2D eigenvalue weighted by Gasteiger charge is -2.05. The van der Waals surface area contributed by atoms with E-state index in [0.717, 1.165) is 23.7 Å². The number of hydrogen-bond acceptors (Lipinski definition) is 4. The van der Waals surface area contributed by atoms with Gasteiger partial charge in [-0.2, -0.15) is 0 Å². The van der Waals surface area contributed by atoms with E-state index in [4.69, 9.17) is 9.15 Å². The first kappa shape index (κ1) is 14.1. The first-order valence-corrected chi connectivity index (χ1v) is 6.45. The minimum atomic E-state index is -0.376. The fourth-order valence-corrected chi connectivity index (χ4v) is 1.80. The summed E-state index contributed by atoms with van der Waals surface area (Å²) in [7, 11) is 0. The zero-order valence-electron chi connectivity index (χ0n) is 11.3. The maximum Gasteiger partial charge on any atom is 0.336 e. The number of ether oxygens (including phenoxy) is 1. The Kier molecular flexibility index (Phi) is 4.71. The fraction of sp³-hybridized carbons (Fsp3) is 0.250. The topological polar surface area (TPSA) is 56.5 Å². The van der Waals surface area contributed by atoms with Crippen molar-refractivity contribution in [1.82, 2.24) is 0 Å². The van der Waals surface area contributed by atoms with Crippen molar-refractivity contribution >= 4 is 17.3 Å². The predicted octanol–water partition coefficient (Wildman–Crippen LogP) is 3.10. The Morgan fingerprint density at radius 2 is 2.10 bits per heavy atom. The van der Waals surface area contributed by atoms with E-state index < -0.39 is 0 Å². The van der Waals surface area contributed by atoms with Crippen LogP contribution in [0.25, 0.3) is 11.0 Å². The monoisotopic (exact) mass is 272 g/mol. The molecule has 0 aliphatic rings. The molecule has 0 amide bonds. The molecule has 0 N–H and O–H groups in total. The summed E-state index contributed by atoms with van der Waals surface area (Å²) in [6.45, 7) is 2.39. The number of aldehydes is 1. The minimum Gasteiger partial charge on any atom is -0.489 e. The number of carbonyl (C=O) groups excluding carboxylic acids is 1. The van der Waals surface area contributed by atoms with Crippen LogP contribution < -0.4 is 10.4 Å². The molecule has 1 heterocycles. The summed E-state index contributed by atoms with van der Waals surface area (Å²) in [4.78, 5) is 21.4. The third kappa shape index (κ3) is 3.82. The van der Waals surface area contributed by atoms with Gasteiger partial charge in [-0.05, 0) is 37.6 Å². The van der Waals surface area contributed by atoms with Gasteiger partial charge in [-0.25, -0.2) is 4.79 Å². The molecule has 4 nitrogen and oxygen atoms in total. The minimum absolute atomic E-state index is 0.376. The van der Waals surface area contributed by atoms with Crippen molar-refractivity contribution in [3.8, 4) is 5.75 Å². The molecule has 0 atom stereocenters. The summed E-state index contributed by atoms with van der Waals surface area (Å²) < 4.78 is 10.7. The zero-order chi connectivity index (χ0) is 14.4. The second-order valence-corrected chi connectivity index (χ2v) is 4.52. The van der Waals surface area contributed by atoms with Crippen LogP contribution in [0.3, 0.4) is 0 Å². The molecule has 104 valence electrons. The van der Waals surface area contributed by atoms with Gasteiger partial charge in [-0.15, -0.1) is 0 Å². The predicted molar refractivity (Wildman–Crippen MR) is 77.0 cm³/mol. The molecule has 0 saturated carbocycles. The third-order valence-corrected chi connectivity index (χ3v) is 2.93. The first-order valence-electron chi connectivity index (χ1n) is 6.45. The Morgan fingerprint density at radius 3 is 2.90 bits per heavy atom. The molecule has 20 heavy (non-hydrogen) atoms. The largest absolute Gasteiger partial charge is 0.489 e. The van der Waals surface area contributed by atoms with Crippen molar-refractivity contribution in [1.29, 1.82) is 0 Å². The van der Waals surface area contributed by atoms with Gasteiger partial charge in [-0.1, -0.05) is 5.57 Å². The smallest absolute Gasteiger partial charge is 0.336 e. The quantitative estimate of drug-likeness (QED) is 0.460. The average Bonchev–Trinajstić information content (AvgIpc) is 2.44. The molecule has 1 aromatic heterocycles. The van der Waals surface area contributed by atoms with Gasteiger partial charge in [-0.3, -0.25) is 0 Å². The molecule has 0 unspecified atom stereocenters. The van der Waals surface area contributed by atoms with Crippen LogP contribution in [-0.2, 0) is 4.79 Å². The van der Waals surface area contributed by atoms with Gasteiger partial charge < -0.3 is 13.9 Å². The first-order chi connectivity index (χ1) is 9.69. The Hall–Kier alpha value is -2.36. The molecule has 0 bridgehead atoms.